The van der Waals surface area contributed by atoms with Crippen molar-refractivity contribution >= 4 is 22.7 Å². The van der Waals surface area contributed by atoms with Crippen LogP contribution in [0.3, 0.4) is 0 Å². The Labute approximate surface area is 171 Å². The minimum Gasteiger partial charge on any atom is -0.482 e. The minimum absolute atomic E-state index is 0.230. The van der Waals surface area contributed by atoms with Crippen molar-refractivity contribution < 1.29 is 19.1 Å². The second-order valence-electron chi connectivity index (χ2n) is 7.65. The SMILES string of the molecule is Cc1ccc(C(C)C)c(OCC(=O)O[C@@H](C)C(=O)c2c(C)[nH]c3ccccc23)c1. The summed E-state index contributed by atoms with van der Waals surface area (Å²) in [5.74, 6) is 0.140. The van der Waals surface area contributed by atoms with E-state index in [0.717, 1.165) is 27.7 Å². The number of hydrogen-bond acceptors (Lipinski definition) is 4. The molecule has 0 saturated carbocycles. The highest BCUT2D eigenvalue weighted by Gasteiger charge is 2.24. The maximum absolute atomic E-state index is 12.9. The van der Waals surface area contributed by atoms with Gasteiger partial charge in [0.25, 0.3) is 0 Å². The normalized spacial score (nSPS) is 12.2. The molecule has 5 heteroatoms. The molecule has 1 aromatic heterocycles. The number of aromatic nitrogens is 1. The van der Waals surface area contributed by atoms with Crippen LogP contribution in [0.2, 0.25) is 0 Å². The summed E-state index contributed by atoms with van der Waals surface area (Å²) in [5.41, 5.74) is 4.29. The summed E-state index contributed by atoms with van der Waals surface area (Å²) in [6.07, 6.45) is -0.897. The summed E-state index contributed by atoms with van der Waals surface area (Å²) >= 11 is 0. The zero-order valence-electron chi connectivity index (χ0n) is 17.5. The highest BCUT2D eigenvalue weighted by molar-refractivity contribution is 6.11. The molecule has 29 heavy (non-hydrogen) atoms. The highest BCUT2D eigenvalue weighted by Crippen LogP contribution is 2.28. The maximum atomic E-state index is 12.9. The Bertz CT molecular complexity index is 1050. The molecular formula is C24H27NO4. The van der Waals surface area contributed by atoms with Gasteiger partial charge >= 0.3 is 5.97 Å². The molecule has 152 valence electrons. The number of aromatic amines is 1. The van der Waals surface area contributed by atoms with Crippen LogP contribution in [-0.4, -0.2) is 29.4 Å². The van der Waals surface area contributed by atoms with Gasteiger partial charge in [-0.1, -0.05) is 44.2 Å². The fourth-order valence-electron chi connectivity index (χ4n) is 3.46. The van der Waals surface area contributed by atoms with Gasteiger partial charge in [-0.3, -0.25) is 4.79 Å². The van der Waals surface area contributed by atoms with Crippen LogP contribution in [0.15, 0.2) is 42.5 Å². The third-order valence-electron chi connectivity index (χ3n) is 4.95. The molecule has 3 rings (SSSR count). The molecule has 0 unspecified atom stereocenters. The van der Waals surface area contributed by atoms with E-state index < -0.39 is 12.1 Å². The van der Waals surface area contributed by atoms with Crippen molar-refractivity contribution in [1.82, 2.24) is 4.98 Å². The molecule has 0 fully saturated rings. The van der Waals surface area contributed by atoms with Crippen LogP contribution < -0.4 is 4.74 Å². The van der Waals surface area contributed by atoms with Crippen molar-refractivity contribution in [3.05, 3.63) is 64.8 Å². The Kier molecular flexibility index (Phi) is 6.06. The number of H-pyrrole nitrogens is 1. The zero-order valence-corrected chi connectivity index (χ0v) is 17.5. The molecule has 1 N–H and O–H groups in total. The van der Waals surface area contributed by atoms with Crippen LogP contribution >= 0.6 is 0 Å². The van der Waals surface area contributed by atoms with Gasteiger partial charge < -0.3 is 14.5 Å². The lowest BCUT2D eigenvalue weighted by molar-refractivity contribution is -0.148. The number of esters is 1. The van der Waals surface area contributed by atoms with E-state index in [1.165, 1.54) is 0 Å². The Morgan fingerprint density at radius 2 is 1.76 bits per heavy atom. The van der Waals surface area contributed by atoms with Crippen molar-refractivity contribution in [3.8, 4) is 5.75 Å². The molecule has 1 heterocycles. The first-order valence-electron chi connectivity index (χ1n) is 9.82. The molecule has 5 nitrogen and oxygen atoms in total. The molecule has 0 bridgehead atoms. The van der Waals surface area contributed by atoms with Gasteiger partial charge in [0.15, 0.2) is 12.7 Å². The van der Waals surface area contributed by atoms with Crippen LogP contribution in [0.5, 0.6) is 5.75 Å². The maximum Gasteiger partial charge on any atom is 0.344 e. The molecule has 0 spiro atoms. The van der Waals surface area contributed by atoms with Crippen LogP contribution in [0.25, 0.3) is 10.9 Å². The lowest BCUT2D eigenvalue weighted by Gasteiger charge is -2.16. The third kappa shape index (κ3) is 4.50. The van der Waals surface area contributed by atoms with E-state index in [0.29, 0.717) is 11.3 Å². The van der Waals surface area contributed by atoms with Crippen LogP contribution in [0, 0.1) is 13.8 Å². The highest BCUT2D eigenvalue weighted by atomic mass is 16.6. The largest absolute Gasteiger partial charge is 0.482 e. The second-order valence-corrected chi connectivity index (χ2v) is 7.65. The van der Waals surface area contributed by atoms with Gasteiger partial charge in [0.2, 0.25) is 5.78 Å². The zero-order chi connectivity index (χ0) is 21.1. The first kappa shape index (κ1) is 20.6. The van der Waals surface area contributed by atoms with E-state index >= 15 is 0 Å². The standard InChI is InChI=1S/C24H27NO4/c1-14(2)18-11-10-15(3)12-21(18)28-13-22(26)29-17(5)24(27)23-16(4)25-20-9-7-6-8-19(20)23/h6-12,14,17,25H,13H2,1-5H3/t17-/m0/s1. The summed E-state index contributed by atoms with van der Waals surface area (Å²) in [5, 5.41) is 0.829. The first-order valence-corrected chi connectivity index (χ1v) is 9.82. The lowest BCUT2D eigenvalue weighted by atomic mass is 10.0. The summed E-state index contributed by atoms with van der Waals surface area (Å²) in [6.45, 7) is 9.30. The summed E-state index contributed by atoms with van der Waals surface area (Å²) < 4.78 is 11.1. The number of carbonyl (C=O) groups excluding carboxylic acids is 2. The number of ether oxygens (including phenoxy) is 2. The number of rotatable bonds is 7. The molecule has 0 saturated heterocycles. The molecular weight excluding hydrogens is 366 g/mol. The van der Waals surface area contributed by atoms with Gasteiger partial charge in [0.05, 0.1) is 0 Å². The Morgan fingerprint density at radius 1 is 1.03 bits per heavy atom. The van der Waals surface area contributed by atoms with Gasteiger partial charge in [-0.25, -0.2) is 4.79 Å². The summed E-state index contributed by atoms with van der Waals surface area (Å²) in [4.78, 5) is 28.4. The smallest absolute Gasteiger partial charge is 0.344 e. The van der Waals surface area contributed by atoms with E-state index in [9.17, 15) is 9.59 Å². The lowest BCUT2D eigenvalue weighted by Crippen LogP contribution is -2.27. The Hall–Kier alpha value is -3.08. The predicted molar refractivity (Wildman–Crippen MR) is 114 cm³/mol. The summed E-state index contributed by atoms with van der Waals surface area (Å²) in [6, 6.07) is 13.5. The number of aryl methyl sites for hydroxylation is 2. The molecule has 0 aliphatic carbocycles. The van der Waals surface area contributed by atoms with Gasteiger partial charge in [-0.15, -0.1) is 0 Å². The van der Waals surface area contributed by atoms with Crippen LogP contribution in [-0.2, 0) is 9.53 Å². The number of para-hydroxylation sites is 1. The average molecular weight is 393 g/mol. The minimum atomic E-state index is -0.897. The van der Waals surface area contributed by atoms with Crippen molar-refractivity contribution in [1.29, 1.82) is 0 Å². The second kappa shape index (κ2) is 8.52. The van der Waals surface area contributed by atoms with E-state index in [1.54, 1.807) is 6.92 Å². The molecule has 0 aliphatic heterocycles. The van der Waals surface area contributed by atoms with E-state index in [1.807, 2.05) is 56.3 Å². The molecule has 0 radical (unpaired) electrons. The average Bonchev–Trinajstić information content (AvgIpc) is 3.01. The van der Waals surface area contributed by atoms with Crippen molar-refractivity contribution in [2.45, 2.75) is 46.6 Å². The van der Waals surface area contributed by atoms with Gasteiger partial charge in [-0.05, 0) is 49.9 Å². The quantitative estimate of drug-likeness (QED) is 0.448. The van der Waals surface area contributed by atoms with E-state index in [-0.39, 0.29) is 18.3 Å². The number of Topliss-reactive ketones (excluding diaryl/α,β-unsaturated/α-hetero) is 1. The number of fused-ring (bicyclic) bond motifs is 1. The molecule has 2 aromatic carbocycles. The van der Waals surface area contributed by atoms with E-state index in [2.05, 4.69) is 18.8 Å². The molecule has 3 aromatic rings. The molecule has 1 atom stereocenters. The van der Waals surface area contributed by atoms with Gasteiger partial charge in [0, 0.05) is 22.2 Å². The monoisotopic (exact) mass is 393 g/mol. The van der Waals surface area contributed by atoms with E-state index in [4.69, 9.17) is 9.47 Å². The van der Waals surface area contributed by atoms with Gasteiger partial charge in [-0.2, -0.15) is 0 Å². The van der Waals surface area contributed by atoms with Crippen molar-refractivity contribution in [2.75, 3.05) is 6.61 Å². The first-order chi connectivity index (χ1) is 13.8. The fraction of sp³-hybridized carbons (Fsp3) is 0.333. The van der Waals surface area contributed by atoms with Crippen LogP contribution in [0.4, 0.5) is 0 Å². The molecule has 0 aliphatic rings. The number of carbonyl (C=O) groups is 2. The topological polar surface area (TPSA) is 68.4 Å². The number of ketones is 1. The Morgan fingerprint density at radius 3 is 2.48 bits per heavy atom. The molecule has 0 amide bonds. The van der Waals surface area contributed by atoms with Crippen molar-refractivity contribution in [3.63, 3.8) is 0 Å². The summed E-state index contributed by atoms with van der Waals surface area (Å²) in [7, 11) is 0. The number of hydrogen-bond donors (Lipinski definition) is 1. The third-order valence-corrected chi connectivity index (χ3v) is 4.95. The van der Waals surface area contributed by atoms with Gasteiger partial charge in [0.1, 0.15) is 5.75 Å². The van der Waals surface area contributed by atoms with Crippen molar-refractivity contribution in [2.24, 2.45) is 0 Å². The predicted octanol–water partition coefficient (Wildman–Crippen LogP) is 5.10. The Balaban J connectivity index is 1.67. The fourth-order valence-corrected chi connectivity index (χ4v) is 3.46. The number of benzene rings is 2. The van der Waals surface area contributed by atoms with Crippen LogP contribution in [0.1, 0.15) is 53.9 Å². The number of nitrogens with one attached hydrogen (secondary N) is 1.